The number of ether oxygens (including phenoxy) is 3. The predicted molar refractivity (Wildman–Crippen MR) is 116 cm³/mol. The molecule has 1 aliphatic rings. The molecule has 9 nitrogen and oxygen atoms in total. The molecule has 162 valence electrons. The van der Waals surface area contributed by atoms with E-state index < -0.39 is 6.09 Å². The molecule has 4 rings (SSSR count). The number of nitrogens with zero attached hydrogens (tertiary/aromatic N) is 1. The molecule has 0 spiro atoms. The van der Waals surface area contributed by atoms with E-state index in [1.165, 1.54) is 0 Å². The lowest BCUT2D eigenvalue weighted by Crippen LogP contribution is -2.17. The second-order valence-corrected chi connectivity index (χ2v) is 7.65. The number of hydrogen-bond donors (Lipinski definition) is 3. The summed E-state index contributed by atoms with van der Waals surface area (Å²) in [6, 6.07) is 10.7. The highest BCUT2D eigenvalue weighted by Gasteiger charge is 2.15. The van der Waals surface area contributed by atoms with Crippen LogP contribution in [0.25, 0.3) is 10.9 Å². The molecule has 3 N–H and O–H groups in total. The van der Waals surface area contributed by atoms with Crippen molar-refractivity contribution in [1.29, 1.82) is 0 Å². The Hall–Kier alpha value is -3.75. The maximum atomic E-state index is 12.6. The molecule has 31 heavy (non-hydrogen) atoms. The standard InChI is InChI=1S/C22H24N4O5/c1-13(2)12-31-22(28)23-15-4-5-17-16(11-15)21(26-25-17)24-20(27)10-14-3-6-18-19(9-14)30-8-7-29-18/h3-6,9,11,13H,7-8,10,12H2,1-2H3,(H,23,28)(H2,24,25,26,27). The summed E-state index contributed by atoms with van der Waals surface area (Å²) in [5.41, 5.74) is 2.08. The molecule has 0 fully saturated rings. The maximum Gasteiger partial charge on any atom is 0.411 e. The Balaban J connectivity index is 1.43. The second-order valence-electron chi connectivity index (χ2n) is 7.65. The molecule has 0 saturated heterocycles. The normalized spacial score (nSPS) is 12.6. The minimum atomic E-state index is -0.527. The fourth-order valence-corrected chi connectivity index (χ4v) is 3.14. The van der Waals surface area contributed by atoms with Crippen molar-refractivity contribution in [3.8, 4) is 11.5 Å². The number of H-pyrrole nitrogens is 1. The number of anilines is 2. The van der Waals surface area contributed by atoms with Gasteiger partial charge in [-0.2, -0.15) is 5.10 Å². The third-order valence-electron chi connectivity index (χ3n) is 4.59. The van der Waals surface area contributed by atoms with E-state index in [4.69, 9.17) is 14.2 Å². The summed E-state index contributed by atoms with van der Waals surface area (Å²) in [4.78, 5) is 24.5. The molecule has 1 aliphatic heterocycles. The molecule has 0 bridgehead atoms. The summed E-state index contributed by atoms with van der Waals surface area (Å²) in [5.74, 6) is 1.73. The van der Waals surface area contributed by atoms with Crippen molar-refractivity contribution in [3.63, 3.8) is 0 Å². The number of aromatic amines is 1. The van der Waals surface area contributed by atoms with Crippen molar-refractivity contribution in [2.75, 3.05) is 30.5 Å². The van der Waals surface area contributed by atoms with Crippen LogP contribution in [0.2, 0.25) is 0 Å². The number of carbonyl (C=O) groups excluding carboxylic acids is 2. The lowest BCUT2D eigenvalue weighted by Gasteiger charge is -2.18. The molecule has 2 heterocycles. The van der Waals surface area contributed by atoms with Crippen LogP contribution in [0.15, 0.2) is 36.4 Å². The van der Waals surface area contributed by atoms with Crippen LogP contribution in [0, 0.1) is 5.92 Å². The van der Waals surface area contributed by atoms with E-state index in [2.05, 4.69) is 20.8 Å². The van der Waals surface area contributed by atoms with Crippen molar-refractivity contribution < 1.29 is 23.8 Å². The Morgan fingerprint density at radius 1 is 1.10 bits per heavy atom. The van der Waals surface area contributed by atoms with Crippen LogP contribution in [-0.4, -0.2) is 42.0 Å². The van der Waals surface area contributed by atoms with Gasteiger partial charge in [0.2, 0.25) is 5.91 Å². The van der Waals surface area contributed by atoms with Crippen molar-refractivity contribution in [3.05, 3.63) is 42.0 Å². The Morgan fingerprint density at radius 3 is 2.71 bits per heavy atom. The van der Waals surface area contributed by atoms with E-state index in [0.717, 1.165) is 11.1 Å². The van der Waals surface area contributed by atoms with Crippen molar-refractivity contribution in [1.82, 2.24) is 10.2 Å². The van der Waals surface area contributed by atoms with Gasteiger partial charge < -0.3 is 19.5 Å². The number of carbonyl (C=O) groups is 2. The Kier molecular flexibility index (Phi) is 5.92. The summed E-state index contributed by atoms with van der Waals surface area (Å²) in [6.45, 7) is 5.27. The first-order valence-electron chi connectivity index (χ1n) is 10.1. The van der Waals surface area contributed by atoms with Crippen LogP contribution in [0.1, 0.15) is 19.4 Å². The fraction of sp³-hybridized carbons (Fsp3) is 0.318. The first kappa shape index (κ1) is 20.5. The van der Waals surface area contributed by atoms with Gasteiger partial charge in [0.15, 0.2) is 17.3 Å². The van der Waals surface area contributed by atoms with Gasteiger partial charge >= 0.3 is 6.09 Å². The molecular formula is C22H24N4O5. The van der Waals surface area contributed by atoms with Crippen LogP contribution >= 0.6 is 0 Å². The lowest BCUT2D eigenvalue weighted by atomic mass is 10.1. The number of rotatable bonds is 6. The van der Waals surface area contributed by atoms with E-state index in [1.54, 1.807) is 24.3 Å². The number of hydrogen-bond acceptors (Lipinski definition) is 6. The van der Waals surface area contributed by atoms with Crippen molar-refractivity contribution >= 4 is 34.4 Å². The van der Waals surface area contributed by atoms with Crippen LogP contribution in [0.4, 0.5) is 16.3 Å². The highest BCUT2D eigenvalue weighted by Crippen LogP contribution is 2.31. The molecule has 1 aromatic heterocycles. The molecule has 0 saturated carbocycles. The molecule has 2 aromatic carbocycles. The number of aromatic nitrogens is 2. The highest BCUT2D eigenvalue weighted by molar-refractivity contribution is 6.02. The lowest BCUT2D eigenvalue weighted by molar-refractivity contribution is -0.115. The predicted octanol–water partition coefficient (Wildman–Crippen LogP) is 3.72. The van der Waals surface area contributed by atoms with Gasteiger partial charge in [-0.1, -0.05) is 19.9 Å². The van der Waals surface area contributed by atoms with Gasteiger partial charge in [0.1, 0.15) is 13.2 Å². The minimum Gasteiger partial charge on any atom is -0.486 e. The van der Waals surface area contributed by atoms with E-state index in [-0.39, 0.29) is 18.2 Å². The van der Waals surface area contributed by atoms with Crippen molar-refractivity contribution in [2.24, 2.45) is 5.92 Å². The van der Waals surface area contributed by atoms with Gasteiger partial charge in [-0.3, -0.25) is 15.2 Å². The quantitative estimate of drug-likeness (QED) is 0.556. The Morgan fingerprint density at radius 2 is 1.90 bits per heavy atom. The van der Waals surface area contributed by atoms with Gasteiger partial charge in [-0.25, -0.2) is 4.79 Å². The summed E-state index contributed by atoms with van der Waals surface area (Å²) in [7, 11) is 0. The summed E-state index contributed by atoms with van der Waals surface area (Å²) >= 11 is 0. The zero-order chi connectivity index (χ0) is 21.8. The van der Waals surface area contributed by atoms with Gasteiger partial charge in [-0.15, -0.1) is 0 Å². The molecule has 0 atom stereocenters. The summed E-state index contributed by atoms with van der Waals surface area (Å²) in [5, 5.41) is 13.2. The SMILES string of the molecule is CC(C)COC(=O)Nc1ccc2[nH]nc(NC(=O)Cc3ccc4c(c3)OCCO4)c2c1. The number of fused-ring (bicyclic) bond motifs is 2. The van der Waals surface area contributed by atoms with Crippen molar-refractivity contribution in [2.45, 2.75) is 20.3 Å². The van der Waals surface area contributed by atoms with E-state index >= 15 is 0 Å². The molecule has 0 unspecified atom stereocenters. The third-order valence-corrected chi connectivity index (χ3v) is 4.59. The molecule has 0 aliphatic carbocycles. The Labute approximate surface area is 179 Å². The van der Waals surface area contributed by atoms with Gasteiger partial charge in [0, 0.05) is 11.1 Å². The average Bonchev–Trinajstić information content (AvgIpc) is 3.14. The van der Waals surface area contributed by atoms with Crippen LogP contribution in [-0.2, 0) is 16.0 Å². The van der Waals surface area contributed by atoms with Crippen LogP contribution in [0.5, 0.6) is 11.5 Å². The summed E-state index contributed by atoms with van der Waals surface area (Å²) < 4.78 is 16.2. The molecule has 3 aromatic rings. The van der Waals surface area contributed by atoms with E-state index in [0.29, 0.717) is 48.2 Å². The summed E-state index contributed by atoms with van der Waals surface area (Å²) in [6.07, 6.45) is -0.370. The van der Waals surface area contributed by atoms with Gasteiger partial charge in [0.05, 0.1) is 18.5 Å². The van der Waals surface area contributed by atoms with Crippen LogP contribution in [0.3, 0.4) is 0 Å². The number of amides is 2. The van der Waals surface area contributed by atoms with Gasteiger partial charge in [-0.05, 0) is 41.8 Å². The minimum absolute atomic E-state index is 0.157. The van der Waals surface area contributed by atoms with E-state index in [1.807, 2.05) is 26.0 Å². The topological polar surface area (TPSA) is 115 Å². The number of benzene rings is 2. The van der Waals surface area contributed by atoms with E-state index in [9.17, 15) is 9.59 Å². The maximum absolute atomic E-state index is 12.6. The highest BCUT2D eigenvalue weighted by atomic mass is 16.6. The first-order chi connectivity index (χ1) is 15.0. The largest absolute Gasteiger partial charge is 0.486 e. The zero-order valence-corrected chi connectivity index (χ0v) is 17.4. The molecular weight excluding hydrogens is 400 g/mol. The smallest absolute Gasteiger partial charge is 0.411 e. The fourth-order valence-electron chi connectivity index (χ4n) is 3.14. The molecule has 2 amide bonds. The second kappa shape index (κ2) is 8.95. The van der Waals surface area contributed by atoms with Gasteiger partial charge in [0.25, 0.3) is 0 Å². The average molecular weight is 424 g/mol. The third kappa shape index (κ3) is 5.06. The number of nitrogens with one attached hydrogen (secondary N) is 3. The molecule has 0 radical (unpaired) electrons. The first-order valence-corrected chi connectivity index (χ1v) is 10.1. The zero-order valence-electron chi connectivity index (χ0n) is 17.4. The molecule has 9 heteroatoms. The Bertz CT molecular complexity index is 1110. The monoisotopic (exact) mass is 424 g/mol. The van der Waals surface area contributed by atoms with Crippen LogP contribution < -0.4 is 20.1 Å².